The molecule has 26 heavy (non-hydrogen) atoms. The van der Waals surface area contributed by atoms with Crippen LogP contribution >= 0.6 is 0 Å². The number of carbonyl (C=O) groups is 2. The van der Waals surface area contributed by atoms with Crippen LogP contribution in [0.15, 0.2) is 36.4 Å². The number of rotatable bonds is 4. The van der Waals surface area contributed by atoms with E-state index in [0.29, 0.717) is 34.4 Å². The Morgan fingerprint density at radius 1 is 1.31 bits per heavy atom. The minimum Gasteiger partial charge on any atom is -0.464 e. The molecule has 0 spiro atoms. The zero-order chi connectivity index (χ0) is 18.8. The van der Waals surface area contributed by atoms with Gasteiger partial charge in [0.2, 0.25) is 0 Å². The molecule has 4 N–H and O–H groups in total. The molecule has 1 aliphatic rings. The molecule has 1 atom stereocenters. The second-order valence-electron chi connectivity index (χ2n) is 6.12. The predicted octanol–water partition coefficient (Wildman–Crippen LogP) is 2.18. The minimum absolute atomic E-state index is 0.0105. The lowest BCUT2D eigenvalue weighted by atomic mass is 9.95. The van der Waals surface area contributed by atoms with Crippen molar-refractivity contribution in [1.82, 2.24) is 5.32 Å². The Morgan fingerprint density at radius 3 is 2.73 bits per heavy atom. The number of nitrogens with one attached hydrogen (secondary N) is 2. The topological polar surface area (TPSA) is 105 Å². The molecule has 1 fully saturated rings. The zero-order valence-corrected chi connectivity index (χ0v) is 14.1. The maximum absolute atomic E-state index is 13.4. The molecule has 0 aromatic heterocycles. The standard InChI is InChI=1S/C19H18FN3O3/c1-10-7-15(21)14(17(22)11-3-2-4-12(20)8-11)9-13(10)18(24)23-16-5-6-26-19(16)25/h2-4,7-9,16,22H,5-6,21H2,1H3,(H,23,24)/t16-/m1/s1. The van der Waals surface area contributed by atoms with Gasteiger partial charge in [-0.25, -0.2) is 9.18 Å². The Kier molecular flexibility index (Phi) is 4.71. The number of ether oxygens (including phenoxy) is 1. The molecule has 7 heteroatoms. The zero-order valence-electron chi connectivity index (χ0n) is 14.1. The van der Waals surface area contributed by atoms with Gasteiger partial charge in [-0.3, -0.25) is 10.2 Å². The van der Waals surface area contributed by atoms with Gasteiger partial charge in [0.05, 0.1) is 12.3 Å². The number of hydrogen-bond donors (Lipinski definition) is 3. The van der Waals surface area contributed by atoms with Crippen molar-refractivity contribution in [2.24, 2.45) is 0 Å². The first-order valence-electron chi connectivity index (χ1n) is 8.09. The molecule has 1 amide bonds. The minimum atomic E-state index is -0.675. The van der Waals surface area contributed by atoms with E-state index in [9.17, 15) is 14.0 Å². The summed E-state index contributed by atoms with van der Waals surface area (Å²) >= 11 is 0. The largest absolute Gasteiger partial charge is 0.464 e. The SMILES string of the molecule is Cc1cc(N)c(C(=N)c2cccc(F)c2)cc1C(=O)N[C@@H]1CCOC1=O. The average Bonchev–Trinajstić information content (AvgIpc) is 2.99. The summed E-state index contributed by atoms with van der Waals surface area (Å²) in [5.74, 6) is -1.37. The van der Waals surface area contributed by atoms with Crippen molar-refractivity contribution in [3.63, 3.8) is 0 Å². The van der Waals surface area contributed by atoms with Crippen LogP contribution in [0, 0.1) is 18.2 Å². The van der Waals surface area contributed by atoms with E-state index in [1.54, 1.807) is 19.1 Å². The molecule has 0 bridgehead atoms. The molecule has 0 aliphatic carbocycles. The first kappa shape index (κ1) is 17.6. The molecular weight excluding hydrogens is 337 g/mol. The van der Waals surface area contributed by atoms with E-state index in [4.69, 9.17) is 15.9 Å². The van der Waals surface area contributed by atoms with Crippen LogP contribution in [0.2, 0.25) is 0 Å². The van der Waals surface area contributed by atoms with Crippen LogP contribution in [0.4, 0.5) is 10.1 Å². The van der Waals surface area contributed by atoms with E-state index >= 15 is 0 Å². The fraction of sp³-hybridized carbons (Fsp3) is 0.211. The summed E-state index contributed by atoms with van der Waals surface area (Å²) < 4.78 is 18.3. The van der Waals surface area contributed by atoms with Crippen LogP contribution < -0.4 is 11.1 Å². The Morgan fingerprint density at radius 2 is 2.08 bits per heavy atom. The fourth-order valence-electron chi connectivity index (χ4n) is 2.85. The van der Waals surface area contributed by atoms with Crippen molar-refractivity contribution in [2.45, 2.75) is 19.4 Å². The lowest BCUT2D eigenvalue weighted by Gasteiger charge is -2.15. The lowest BCUT2D eigenvalue weighted by molar-refractivity contribution is -0.139. The number of amides is 1. The summed E-state index contributed by atoms with van der Waals surface area (Å²) in [7, 11) is 0. The molecule has 2 aromatic rings. The normalized spacial score (nSPS) is 16.2. The van der Waals surface area contributed by atoms with Gasteiger partial charge < -0.3 is 15.8 Å². The first-order valence-corrected chi connectivity index (χ1v) is 8.09. The maximum atomic E-state index is 13.4. The van der Waals surface area contributed by atoms with Crippen LogP contribution in [0.5, 0.6) is 0 Å². The van der Waals surface area contributed by atoms with E-state index < -0.39 is 23.7 Å². The van der Waals surface area contributed by atoms with E-state index in [0.717, 1.165) is 0 Å². The summed E-state index contributed by atoms with van der Waals surface area (Å²) in [6.07, 6.45) is 0.421. The number of cyclic esters (lactones) is 1. The second kappa shape index (κ2) is 6.95. The predicted molar refractivity (Wildman–Crippen MR) is 94.8 cm³/mol. The number of aryl methyl sites for hydroxylation is 1. The van der Waals surface area contributed by atoms with Crippen LogP contribution in [-0.4, -0.2) is 30.2 Å². The Labute approximate surface area is 149 Å². The van der Waals surface area contributed by atoms with Crippen molar-refractivity contribution in [3.8, 4) is 0 Å². The number of benzene rings is 2. The second-order valence-corrected chi connectivity index (χ2v) is 6.12. The molecule has 134 valence electrons. The van der Waals surface area contributed by atoms with Crippen molar-refractivity contribution in [1.29, 1.82) is 5.41 Å². The molecule has 0 saturated carbocycles. The molecule has 1 saturated heterocycles. The van der Waals surface area contributed by atoms with Crippen LogP contribution in [0.3, 0.4) is 0 Å². The lowest BCUT2D eigenvalue weighted by Crippen LogP contribution is -2.38. The van der Waals surface area contributed by atoms with Gasteiger partial charge >= 0.3 is 5.97 Å². The van der Waals surface area contributed by atoms with Gasteiger partial charge in [-0.1, -0.05) is 12.1 Å². The maximum Gasteiger partial charge on any atom is 0.328 e. The third kappa shape index (κ3) is 3.42. The fourth-order valence-corrected chi connectivity index (χ4v) is 2.85. The van der Waals surface area contributed by atoms with Gasteiger partial charge in [-0.05, 0) is 36.8 Å². The number of nitrogen functional groups attached to an aromatic ring is 1. The van der Waals surface area contributed by atoms with E-state index in [1.807, 2.05) is 0 Å². The number of esters is 1. The van der Waals surface area contributed by atoms with Crippen molar-refractivity contribution in [3.05, 3.63) is 64.5 Å². The quantitative estimate of drug-likeness (QED) is 0.444. The molecule has 1 aliphatic heterocycles. The number of halogens is 1. The van der Waals surface area contributed by atoms with E-state index in [2.05, 4.69) is 5.32 Å². The highest BCUT2D eigenvalue weighted by molar-refractivity contribution is 6.15. The summed E-state index contributed by atoms with van der Waals surface area (Å²) in [4.78, 5) is 24.1. The highest BCUT2D eigenvalue weighted by Gasteiger charge is 2.29. The van der Waals surface area contributed by atoms with Gasteiger partial charge in [-0.15, -0.1) is 0 Å². The monoisotopic (exact) mass is 355 g/mol. The van der Waals surface area contributed by atoms with E-state index in [-0.39, 0.29) is 12.3 Å². The Bertz CT molecular complexity index is 911. The molecule has 6 nitrogen and oxygen atoms in total. The van der Waals surface area contributed by atoms with Crippen LogP contribution in [0.25, 0.3) is 0 Å². The van der Waals surface area contributed by atoms with E-state index in [1.165, 1.54) is 24.3 Å². The Balaban J connectivity index is 1.92. The number of anilines is 1. The number of hydrogen-bond acceptors (Lipinski definition) is 5. The van der Waals surface area contributed by atoms with Gasteiger partial charge in [0.25, 0.3) is 5.91 Å². The number of nitrogens with two attached hydrogens (primary N) is 1. The van der Waals surface area contributed by atoms with Crippen molar-refractivity contribution < 1.29 is 18.7 Å². The van der Waals surface area contributed by atoms with Gasteiger partial charge in [-0.2, -0.15) is 0 Å². The molecule has 0 unspecified atom stereocenters. The molecular formula is C19H18FN3O3. The van der Waals surface area contributed by atoms with Crippen LogP contribution in [0.1, 0.15) is 33.5 Å². The van der Waals surface area contributed by atoms with Gasteiger partial charge in [0.15, 0.2) is 0 Å². The third-order valence-corrected chi connectivity index (χ3v) is 4.26. The highest BCUT2D eigenvalue weighted by atomic mass is 19.1. The number of carbonyl (C=O) groups excluding carboxylic acids is 2. The Hall–Kier alpha value is -3.22. The van der Waals surface area contributed by atoms with Crippen molar-refractivity contribution in [2.75, 3.05) is 12.3 Å². The summed E-state index contributed by atoms with van der Waals surface area (Å²) in [6.45, 7) is 1.99. The average molecular weight is 355 g/mol. The molecule has 3 rings (SSSR count). The molecule has 0 radical (unpaired) electrons. The van der Waals surface area contributed by atoms with Gasteiger partial charge in [0, 0.05) is 28.8 Å². The molecule has 1 heterocycles. The van der Waals surface area contributed by atoms with Crippen LogP contribution in [-0.2, 0) is 9.53 Å². The first-order chi connectivity index (χ1) is 12.4. The summed E-state index contributed by atoms with van der Waals surface area (Å²) in [5, 5.41) is 11.0. The third-order valence-electron chi connectivity index (χ3n) is 4.26. The summed E-state index contributed by atoms with van der Waals surface area (Å²) in [5.41, 5.74) is 7.92. The smallest absolute Gasteiger partial charge is 0.328 e. The summed E-state index contributed by atoms with van der Waals surface area (Å²) in [6, 6.07) is 8.02. The molecule has 2 aromatic carbocycles. The highest BCUT2D eigenvalue weighted by Crippen LogP contribution is 2.23. The van der Waals surface area contributed by atoms with Gasteiger partial charge in [0.1, 0.15) is 11.9 Å². The van der Waals surface area contributed by atoms with Crippen molar-refractivity contribution >= 4 is 23.3 Å².